The van der Waals surface area contributed by atoms with Gasteiger partial charge in [0.25, 0.3) is 0 Å². The summed E-state index contributed by atoms with van der Waals surface area (Å²) in [6, 6.07) is -0.900. The number of hydrogen-bond donors (Lipinski definition) is 3. The first-order chi connectivity index (χ1) is 8.67. The molecule has 0 bridgehead atoms. The highest BCUT2D eigenvalue weighted by Gasteiger charge is 2.21. The minimum atomic E-state index is -1.07. The second kappa shape index (κ2) is 8.04. The van der Waals surface area contributed by atoms with Crippen molar-refractivity contribution in [2.45, 2.75) is 50.9 Å². The van der Waals surface area contributed by atoms with E-state index in [1.165, 1.54) is 11.8 Å². The summed E-state index contributed by atoms with van der Waals surface area (Å²) in [5, 5.41) is 13.6. The molecule has 2 unspecified atom stereocenters. The predicted octanol–water partition coefficient (Wildman–Crippen LogP) is 0.612. The molecule has 19 heavy (non-hydrogen) atoms. The van der Waals surface area contributed by atoms with Crippen molar-refractivity contribution < 1.29 is 19.5 Å². The highest BCUT2D eigenvalue weighted by molar-refractivity contribution is 8.00. The molecule has 2 amide bonds. The molecule has 0 aliphatic rings. The number of aliphatic carboxylic acids is 1. The fraction of sp³-hybridized carbons (Fsp3) is 0.750. The molecule has 6 nitrogen and oxygen atoms in total. The fourth-order valence-corrected chi connectivity index (χ4v) is 2.21. The van der Waals surface area contributed by atoms with Crippen molar-refractivity contribution >= 4 is 30.0 Å². The topological polar surface area (TPSA) is 95.5 Å². The Morgan fingerprint density at radius 1 is 1.37 bits per heavy atom. The van der Waals surface area contributed by atoms with Crippen LogP contribution in [-0.4, -0.2) is 46.0 Å². The van der Waals surface area contributed by atoms with Crippen LogP contribution < -0.4 is 10.6 Å². The number of hydrogen-bond acceptors (Lipinski definition) is 4. The van der Waals surface area contributed by atoms with E-state index in [0.717, 1.165) is 0 Å². The van der Waals surface area contributed by atoms with Crippen LogP contribution in [0.4, 0.5) is 0 Å². The molecule has 0 spiro atoms. The van der Waals surface area contributed by atoms with Crippen molar-refractivity contribution in [1.29, 1.82) is 0 Å². The Hall–Kier alpha value is -1.24. The SMILES string of the molecule is CC(SCCC(NC=O)C(=O)O)C(=O)NC(C)(C)C. The van der Waals surface area contributed by atoms with Gasteiger partial charge < -0.3 is 15.7 Å². The van der Waals surface area contributed by atoms with Gasteiger partial charge in [0.05, 0.1) is 5.25 Å². The van der Waals surface area contributed by atoms with Gasteiger partial charge in [-0.1, -0.05) is 0 Å². The molecule has 0 saturated heterocycles. The molecule has 0 aliphatic heterocycles. The highest BCUT2D eigenvalue weighted by atomic mass is 32.2. The van der Waals surface area contributed by atoms with Gasteiger partial charge in [0.2, 0.25) is 12.3 Å². The standard InChI is InChI=1S/C12H22N2O4S/c1-8(10(16)14-12(2,3)4)19-6-5-9(11(17)18)13-7-15/h7-9H,5-6H2,1-4H3,(H,13,15)(H,14,16)(H,17,18). The number of thioether (sulfide) groups is 1. The number of rotatable bonds is 8. The summed E-state index contributed by atoms with van der Waals surface area (Å²) in [5.41, 5.74) is -0.283. The summed E-state index contributed by atoms with van der Waals surface area (Å²) in [4.78, 5) is 32.8. The van der Waals surface area contributed by atoms with E-state index < -0.39 is 12.0 Å². The summed E-state index contributed by atoms with van der Waals surface area (Å²) < 4.78 is 0. The van der Waals surface area contributed by atoms with E-state index in [0.29, 0.717) is 12.2 Å². The Kier molecular flexibility index (Phi) is 7.51. The zero-order chi connectivity index (χ0) is 15.1. The van der Waals surface area contributed by atoms with Gasteiger partial charge in [0.1, 0.15) is 6.04 Å². The highest BCUT2D eigenvalue weighted by Crippen LogP contribution is 2.14. The number of carbonyl (C=O) groups excluding carboxylic acids is 2. The summed E-state index contributed by atoms with van der Waals surface area (Å²) in [6.45, 7) is 7.47. The fourth-order valence-electron chi connectivity index (χ4n) is 1.27. The smallest absolute Gasteiger partial charge is 0.326 e. The average molecular weight is 290 g/mol. The zero-order valence-corrected chi connectivity index (χ0v) is 12.5. The monoisotopic (exact) mass is 290 g/mol. The van der Waals surface area contributed by atoms with Crippen LogP contribution in [0.2, 0.25) is 0 Å². The molecule has 110 valence electrons. The van der Waals surface area contributed by atoms with Crippen LogP contribution in [0.1, 0.15) is 34.1 Å². The Labute approximate surface area is 117 Å². The third kappa shape index (κ3) is 8.47. The van der Waals surface area contributed by atoms with Crippen molar-refractivity contribution in [3.63, 3.8) is 0 Å². The maximum Gasteiger partial charge on any atom is 0.326 e. The number of carboxylic acid groups (broad SMARTS) is 1. The first-order valence-corrected chi connectivity index (χ1v) is 7.08. The molecule has 7 heteroatoms. The second-order valence-electron chi connectivity index (χ2n) is 5.22. The lowest BCUT2D eigenvalue weighted by atomic mass is 10.1. The summed E-state index contributed by atoms with van der Waals surface area (Å²) in [5.74, 6) is -0.663. The predicted molar refractivity (Wildman–Crippen MR) is 75.1 cm³/mol. The van der Waals surface area contributed by atoms with E-state index in [1.54, 1.807) is 6.92 Å². The molecule has 0 heterocycles. The summed E-state index contributed by atoms with van der Waals surface area (Å²) in [6.07, 6.45) is 0.658. The van der Waals surface area contributed by atoms with Crippen LogP contribution in [0.15, 0.2) is 0 Å². The summed E-state index contributed by atoms with van der Waals surface area (Å²) >= 11 is 1.37. The molecule has 0 rings (SSSR count). The van der Waals surface area contributed by atoms with Gasteiger partial charge in [-0.3, -0.25) is 9.59 Å². The van der Waals surface area contributed by atoms with Crippen molar-refractivity contribution in [2.75, 3.05) is 5.75 Å². The van der Waals surface area contributed by atoms with E-state index in [1.807, 2.05) is 20.8 Å². The zero-order valence-electron chi connectivity index (χ0n) is 11.7. The number of carbonyl (C=O) groups is 3. The third-order valence-electron chi connectivity index (χ3n) is 2.21. The Balaban J connectivity index is 4.08. The van der Waals surface area contributed by atoms with Crippen LogP contribution in [-0.2, 0) is 14.4 Å². The minimum Gasteiger partial charge on any atom is -0.480 e. The normalized spacial score (nSPS) is 14.3. The lowest BCUT2D eigenvalue weighted by molar-refractivity contribution is -0.140. The van der Waals surface area contributed by atoms with Crippen molar-refractivity contribution in [3.8, 4) is 0 Å². The quantitative estimate of drug-likeness (QED) is 0.569. The van der Waals surface area contributed by atoms with Gasteiger partial charge in [-0.2, -0.15) is 0 Å². The van der Waals surface area contributed by atoms with Gasteiger partial charge in [-0.05, 0) is 39.9 Å². The van der Waals surface area contributed by atoms with Crippen LogP contribution in [0.25, 0.3) is 0 Å². The maximum absolute atomic E-state index is 11.8. The van der Waals surface area contributed by atoms with Crippen LogP contribution in [0.5, 0.6) is 0 Å². The minimum absolute atomic E-state index is 0.0762. The molecule has 0 fully saturated rings. The molecule has 0 aromatic heterocycles. The van der Waals surface area contributed by atoms with E-state index in [2.05, 4.69) is 10.6 Å². The maximum atomic E-state index is 11.8. The molecular formula is C12H22N2O4S. The molecule has 0 aromatic rings. The third-order valence-corrected chi connectivity index (χ3v) is 3.39. The van der Waals surface area contributed by atoms with Gasteiger partial charge in [-0.25, -0.2) is 4.79 Å². The van der Waals surface area contributed by atoms with Crippen molar-refractivity contribution in [1.82, 2.24) is 10.6 Å². The molecule has 0 saturated carbocycles. The van der Waals surface area contributed by atoms with Crippen LogP contribution >= 0.6 is 11.8 Å². The molecule has 0 radical (unpaired) electrons. The molecule has 0 aliphatic carbocycles. The lowest BCUT2D eigenvalue weighted by Crippen LogP contribution is -2.44. The largest absolute Gasteiger partial charge is 0.480 e. The van der Waals surface area contributed by atoms with E-state index in [4.69, 9.17) is 5.11 Å². The van der Waals surface area contributed by atoms with Gasteiger partial charge in [-0.15, -0.1) is 11.8 Å². The molecule has 2 atom stereocenters. The van der Waals surface area contributed by atoms with Gasteiger partial charge in [0, 0.05) is 5.54 Å². The Morgan fingerprint density at radius 3 is 2.37 bits per heavy atom. The molecular weight excluding hydrogens is 268 g/mol. The lowest BCUT2D eigenvalue weighted by Gasteiger charge is -2.23. The first kappa shape index (κ1) is 17.8. The summed E-state index contributed by atoms with van der Waals surface area (Å²) in [7, 11) is 0. The Morgan fingerprint density at radius 2 is 1.95 bits per heavy atom. The number of nitrogens with one attached hydrogen (secondary N) is 2. The first-order valence-electron chi connectivity index (χ1n) is 6.03. The van der Waals surface area contributed by atoms with E-state index in [-0.39, 0.29) is 23.1 Å². The second-order valence-corrected chi connectivity index (χ2v) is 6.66. The van der Waals surface area contributed by atoms with E-state index in [9.17, 15) is 14.4 Å². The van der Waals surface area contributed by atoms with E-state index >= 15 is 0 Å². The number of carboxylic acids is 1. The molecule has 3 N–H and O–H groups in total. The van der Waals surface area contributed by atoms with Gasteiger partial charge >= 0.3 is 5.97 Å². The molecule has 0 aromatic carbocycles. The van der Waals surface area contributed by atoms with Crippen LogP contribution in [0.3, 0.4) is 0 Å². The van der Waals surface area contributed by atoms with Crippen molar-refractivity contribution in [3.05, 3.63) is 0 Å². The van der Waals surface area contributed by atoms with Gasteiger partial charge in [0.15, 0.2) is 0 Å². The Bertz CT molecular complexity index is 328. The average Bonchev–Trinajstić information content (AvgIpc) is 2.25. The van der Waals surface area contributed by atoms with Crippen LogP contribution in [0, 0.1) is 0 Å². The van der Waals surface area contributed by atoms with Crippen molar-refractivity contribution in [2.24, 2.45) is 0 Å². The number of amides is 2.